The smallest absolute Gasteiger partial charge is 0.264 e. The van der Waals surface area contributed by atoms with Gasteiger partial charge in [-0.2, -0.15) is 0 Å². The van der Waals surface area contributed by atoms with Crippen LogP contribution in [0.4, 0.5) is 5.69 Å². The van der Waals surface area contributed by atoms with Crippen molar-refractivity contribution in [2.45, 2.75) is 75.9 Å². The lowest BCUT2D eigenvalue weighted by molar-refractivity contribution is -0.140. The topological polar surface area (TPSA) is 86.8 Å². The molecule has 0 heterocycles. The number of amides is 2. The summed E-state index contributed by atoms with van der Waals surface area (Å²) in [5.74, 6) is -0.726. The molecule has 1 aliphatic carbocycles. The first-order chi connectivity index (χ1) is 20.1. The third kappa shape index (κ3) is 7.85. The molecule has 3 aromatic rings. The van der Waals surface area contributed by atoms with Crippen molar-refractivity contribution in [2.24, 2.45) is 0 Å². The Labute approximate surface area is 258 Å². The highest BCUT2D eigenvalue weighted by molar-refractivity contribution is 7.92. The monoisotopic (exact) mass is 629 g/mol. The van der Waals surface area contributed by atoms with Crippen molar-refractivity contribution in [2.75, 3.05) is 10.8 Å². The van der Waals surface area contributed by atoms with E-state index in [0.29, 0.717) is 27.7 Å². The zero-order valence-electron chi connectivity index (χ0n) is 23.9. The summed E-state index contributed by atoms with van der Waals surface area (Å²) in [4.78, 5) is 29.4. The molecule has 7 nitrogen and oxygen atoms in total. The van der Waals surface area contributed by atoms with Crippen LogP contribution in [0.15, 0.2) is 77.7 Å². The third-order valence-corrected chi connectivity index (χ3v) is 9.90. The van der Waals surface area contributed by atoms with Crippen molar-refractivity contribution in [1.29, 1.82) is 0 Å². The van der Waals surface area contributed by atoms with Gasteiger partial charge in [0.15, 0.2) is 0 Å². The number of halogens is 2. The molecule has 4 rings (SSSR count). The second kappa shape index (κ2) is 14.4. The molecule has 3 aromatic carbocycles. The highest BCUT2D eigenvalue weighted by Crippen LogP contribution is 2.30. The zero-order chi connectivity index (χ0) is 30.3. The molecule has 2 amide bonds. The first-order valence-corrected chi connectivity index (χ1v) is 16.5. The van der Waals surface area contributed by atoms with Gasteiger partial charge >= 0.3 is 0 Å². The Balaban J connectivity index is 1.72. The van der Waals surface area contributed by atoms with Gasteiger partial charge in [0, 0.05) is 22.6 Å². The average Bonchev–Trinajstić information content (AvgIpc) is 2.98. The van der Waals surface area contributed by atoms with Crippen LogP contribution in [0.3, 0.4) is 0 Å². The average molecular weight is 631 g/mol. The molecule has 1 fully saturated rings. The number of nitrogens with zero attached hydrogens (tertiary/aromatic N) is 2. The predicted octanol–water partition coefficient (Wildman–Crippen LogP) is 6.75. The van der Waals surface area contributed by atoms with Crippen LogP contribution in [0.1, 0.15) is 56.6 Å². The molecule has 42 heavy (non-hydrogen) atoms. The van der Waals surface area contributed by atoms with E-state index in [1.54, 1.807) is 67.6 Å². The van der Waals surface area contributed by atoms with E-state index in [-0.39, 0.29) is 23.4 Å². The lowest BCUT2D eigenvalue weighted by Gasteiger charge is -2.34. The molecule has 1 N–H and O–H groups in total. The van der Waals surface area contributed by atoms with E-state index >= 15 is 0 Å². The lowest BCUT2D eigenvalue weighted by Crippen LogP contribution is -2.54. The SMILES string of the molecule is CCC(C(=O)NC1CCCCC1)N(Cc1ccc(Cl)cc1)C(=O)CN(c1ccc(Cl)cc1C)S(=O)(=O)c1ccccc1. The second-order valence-electron chi connectivity index (χ2n) is 10.7. The maximum atomic E-state index is 14.2. The summed E-state index contributed by atoms with van der Waals surface area (Å²) in [6, 6.07) is 19.2. The van der Waals surface area contributed by atoms with Gasteiger partial charge in [0.1, 0.15) is 12.6 Å². The first kappa shape index (κ1) is 31.9. The molecule has 10 heteroatoms. The van der Waals surface area contributed by atoms with Crippen LogP contribution in [0.25, 0.3) is 0 Å². The summed E-state index contributed by atoms with van der Waals surface area (Å²) in [7, 11) is -4.15. The summed E-state index contributed by atoms with van der Waals surface area (Å²) in [6.07, 6.45) is 5.45. The van der Waals surface area contributed by atoms with E-state index in [2.05, 4.69) is 5.32 Å². The van der Waals surface area contributed by atoms with Gasteiger partial charge in [-0.3, -0.25) is 13.9 Å². The van der Waals surface area contributed by atoms with Gasteiger partial charge < -0.3 is 10.2 Å². The first-order valence-electron chi connectivity index (χ1n) is 14.3. The summed E-state index contributed by atoms with van der Waals surface area (Å²) >= 11 is 12.3. The van der Waals surface area contributed by atoms with Crippen LogP contribution in [0.2, 0.25) is 10.0 Å². The van der Waals surface area contributed by atoms with Crippen molar-refractivity contribution >= 4 is 50.7 Å². The van der Waals surface area contributed by atoms with Crippen molar-refractivity contribution in [3.05, 3.63) is 94.0 Å². The highest BCUT2D eigenvalue weighted by Gasteiger charge is 2.34. The van der Waals surface area contributed by atoms with Gasteiger partial charge in [-0.15, -0.1) is 0 Å². The summed E-state index contributed by atoms with van der Waals surface area (Å²) < 4.78 is 29.1. The van der Waals surface area contributed by atoms with E-state index in [9.17, 15) is 18.0 Å². The standard InChI is InChI=1S/C32H37Cl2N3O4S/c1-3-29(32(39)35-27-10-6-4-7-11-27)36(21-24-14-16-25(33)17-15-24)31(38)22-37(30-19-18-26(34)20-23(30)2)42(40,41)28-12-8-5-9-13-28/h5,8-9,12-20,27,29H,3-4,6-7,10-11,21-22H2,1-2H3,(H,35,39). The second-order valence-corrected chi connectivity index (χ2v) is 13.4. The Morgan fingerprint density at radius 2 is 1.57 bits per heavy atom. The molecule has 1 atom stereocenters. The van der Waals surface area contributed by atoms with Gasteiger partial charge in [-0.1, -0.05) is 79.7 Å². The molecule has 0 saturated heterocycles. The molecule has 1 saturated carbocycles. The molecule has 0 aliphatic heterocycles. The number of benzene rings is 3. The van der Waals surface area contributed by atoms with Gasteiger partial charge in [0.25, 0.3) is 10.0 Å². The van der Waals surface area contributed by atoms with Gasteiger partial charge in [0.2, 0.25) is 11.8 Å². The van der Waals surface area contributed by atoms with Gasteiger partial charge in [-0.05, 0) is 79.8 Å². The van der Waals surface area contributed by atoms with E-state index in [1.165, 1.54) is 17.0 Å². The number of anilines is 1. The Hall–Kier alpha value is -3.07. The largest absolute Gasteiger partial charge is 0.352 e. The lowest BCUT2D eigenvalue weighted by atomic mass is 9.95. The maximum Gasteiger partial charge on any atom is 0.264 e. The minimum Gasteiger partial charge on any atom is -0.352 e. The quantitative estimate of drug-likeness (QED) is 0.254. The fraction of sp³-hybridized carbons (Fsp3) is 0.375. The molecular formula is C32H37Cl2N3O4S. The number of carbonyl (C=O) groups excluding carboxylic acids is 2. The van der Waals surface area contributed by atoms with Crippen molar-refractivity contribution in [3.8, 4) is 0 Å². The molecule has 0 spiro atoms. The number of nitrogens with one attached hydrogen (secondary N) is 1. The molecule has 224 valence electrons. The number of hydrogen-bond donors (Lipinski definition) is 1. The molecular weight excluding hydrogens is 593 g/mol. The normalized spacial score (nSPS) is 14.7. The van der Waals surface area contributed by atoms with E-state index < -0.39 is 28.5 Å². The third-order valence-electron chi connectivity index (χ3n) is 7.64. The Morgan fingerprint density at radius 1 is 0.929 bits per heavy atom. The molecule has 1 aliphatic rings. The maximum absolute atomic E-state index is 14.2. The minimum atomic E-state index is -4.15. The number of aryl methyl sites for hydroxylation is 1. The molecule has 0 radical (unpaired) electrons. The summed E-state index contributed by atoms with van der Waals surface area (Å²) in [6.45, 7) is 3.22. The zero-order valence-corrected chi connectivity index (χ0v) is 26.3. The fourth-order valence-electron chi connectivity index (χ4n) is 5.38. The van der Waals surface area contributed by atoms with E-state index in [0.717, 1.165) is 42.0 Å². The summed E-state index contributed by atoms with van der Waals surface area (Å²) in [5, 5.41) is 4.16. The number of sulfonamides is 1. The number of rotatable bonds is 11. The van der Waals surface area contributed by atoms with Crippen LogP contribution in [-0.4, -0.2) is 43.8 Å². The van der Waals surface area contributed by atoms with Crippen LogP contribution >= 0.6 is 23.2 Å². The molecule has 0 aromatic heterocycles. The van der Waals surface area contributed by atoms with E-state index in [1.807, 2.05) is 6.92 Å². The predicted molar refractivity (Wildman–Crippen MR) is 168 cm³/mol. The molecule has 0 bridgehead atoms. The van der Waals surface area contributed by atoms with Gasteiger partial charge in [0.05, 0.1) is 10.6 Å². The Bertz CT molecular complexity index is 1480. The van der Waals surface area contributed by atoms with Crippen LogP contribution in [-0.2, 0) is 26.2 Å². The fourth-order valence-corrected chi connectivity index (χ4v) is 7.23. The number of carbonyl (C=O) groups is 2. The Morgan fingerprint density at radius 3 is 2.19 bits per heavy atom. The van der Waals surface area contributed by atoms with Crippen molar-refractivity contribution < 1.29 is 18.0 Å². The van der Waals surface area contributed by atoms with Gasteiger partial charge in [-0.25, -0.2) is 8.42 Å². The number of hydrogen-bond acceptors (Lipinski definition) is 4. The minimum absolute atomic E-state index is 0.0542. The van der Waals surface area contributed by atoms with Crippen LogP contribution < -0.4 is 9.62 Å². The van der Waals surface area contributed by atoms with Crippen LogP contribution in [0, 0.1) is 6.92 Å². The van der Waals surface area contributed by atoms with Crippen LogP contribution in [0.5, 0.6) is 0 Å². The highest BCUT2D eigenvalue weighted by atomic mass is 35.5. The van der Waals surface area contributed by atoms with Crippen molar-refractivity contribution in [1.82, 2.24) is 10.2 Å². The van der Waals surface area contributed by atoms with E-state index in [4.69, 9.17) is 23.2 Å². The molecule has 1 unspecified atom stereocenters. The summed E-state index contributed by atoms with van der Waals surface area (Å²) in [5.41, 5.74) is 1.71. The van der Waals surface area contributed by atoms with Crippen molar-refractivity contribution in [3.63, 3.8) is 0 Å². The Kier molecular flexibility index (Phi) is 10.9.